The lowest BCUT2D eigenvalue weighted by Gasteiger charge is -2.37. The molecular weight excluding hydrogens is 412 g/mol. The van der Waals surface area contributed by atoms with E-state index in [0.717, 1.165) is 23.2 Å². The Labute approximate surface area is 195 Å². The van der Waals surface area contributed by atoms with Crippen molar-refractivity contribution in [3.8, 4) is 5.75 Å². The number of hydrogen-bond donors (Lipinski definition) is 0. The maximum Gasteiger partial charge on any atom is 0.267 e. The molecule has 0 aliphatic carbocycles. The van der Waals surface area contributed by atoms with Gasteiger partial charge in [0.1, 0.15) is 5.75 Å². The molecule has 0 aromatic heterocycles. The number of amides is 2. The number of carbonyl (C=O) groups excluding carboxylic acids is 2. The number of hydrogen-bond acceptors (Lipinski definition) is 3. The molecule has 1 aliphatic rings. The Balaban J connectivity index is 1.61. The second-order valence-electron chi connectivity index (χ2n) is 8.63. The van der Waals surface area contributed by atoms with E-state index in [0.29, 0.717) is 12.3 Å². The molecule has 0 radical (unpaired) electrons. The van der Waals surface area contributed by atoms with Crippen molar-refractivity contribution in [3.63, 3.8) is 0 Å². The fourth-order valence-corrected chi connectivity index (χ4v) is 4.42. The average Bonchev–Trinajstić information content (AvgIpc) is 2.83. The molecule has 170 valence electrons. The largest absolute Gasteiger partial charge is 0.481 e. The minimum absolute atomic E-state index is 0.0468. The van der Waals surface area contributed by atoms with Gasteiger partial charge in [0.15, 0.2) is 6.10 Å². The fourth-order valence-electron chi connectivity index (χ4n) is 4.42. The molecule has 0 bridgehead atoms. The lowest BCUT2D eigenvalue weighted by molar-refractivity contribution is -0.130. The summed E-state index contributed by atoms with van der Waals surface area (Å²) in [5.41, 5.74) is 5.32. The summed E-state index contributed by atoms with van der Waals surface area (Å²) in [6, 6.07) is 23.6. The van der Waals surface area contributed by atoms with Gasteiger partial charge in [-0.3, -0.25) is 9.59 Å². The number of rotatable bonds is 5. The smallest absolute Gasteiger partial charge is 0.267 e. The number of likely N-dealkylation sites (N-methyl/N-ethyl adjacent to an activating group) is 1. The van der Waals surface area contributed by atoms with Crippen LogP contribution in [0.25, 0.3) is 0 Å². The highest BCUT2D eigenvalue weighted by Crippen LogP contribution is 2.37. The quantitative estimate of drug-likeness (QED) is 0.564. The number of nitrogens with zero attached hydrogens (tertiary/aromatic N) is 2. The Morgan fingerprint density at radius 3 is 2.39 bits per heavy atom. The maximum atomic E-state index is 12.9. The Morgan fingerprint density at radius 2 is 1.73 bits per heavy atom. The predicted octanol–water partition coefficient (Wildman–Crippen LogP) is 4.92. The van der Waals surface area contributed by atoms with Crippen LogP contribution in [-0.2, 0) is 16.0 Å². The van der Waals surface area contributed by atoms with Crippen LogP contribution in [0.2, 0.25) is 0 Å². The van der Waals surface area contributed by atoms with E-state index in [1.807, 2.05) is 47.4 Å². The molecule has 0 saturated heterocycles. The van der Waals surface area contributed by atoms with Crippen molar-refractivity contribution in [2.75, 3.05) is 18.5 Å². The summed E-state index contributed by atoms with van der Waals surface area (Å²) in [5.74, 6) is 0.545. The number of benzene rings is 3. The zero-order chi connectivity index (χ0) is 23.5. The van der Waals surface area contributed by atoms with E-state index in [4.69, 9.17) is 4.74 Å². The SMILES string of the molecule is CC(=O)N1CCc2ccc(OC(C)C(=O)N(C)c3ccccc3)cc2C1c1ccc(C)cc1. The van der Waals surface area contributed by atoms with Crippen molar-refractivity contribution in [3.05, 3.63) is 95.1 Å². The molecule has 0 saturated carbocycles. The van der Waals surface area contributed by atoms with E-state index in [1.165, 1.54) is 11.1 Å². The minimum atomic E-state index is -0.654. The van der Waals surface area contributed by atoms with Gasteiger partial charge >= 0.3 is 0 Å². The first-order chi connectivity index (χ1) is 15.8. The predicted molar refractivity (Wildman–Crippen MR) is 130 cm³/mol. The Bertz CT molecular complexity index is 1140. The van der Waals surface area contributed by atoms with E-state index >= 15 is 0 Å². The first-order valence-corrected chi connectivity index (χ1v) is 11.3. The second kappa shape index (κ2) is 9.49. The van der Waals surface area contributed by atoms with Crippen LogP contribution in [0.15, 0.2) is 72.8 Å². The van der Waals surface area contributed by atoms with Crippen molar-refractivity contribution < 1.29 is 14.3 Å². The molecule has 4 rings (SSSR count). The molecule has 2 atom stereocenters. The van der Waals surface area contributed by atoms with Crippen LogP contribution in [0.3, 0.4) is 0 Å². The molecule has 5 nitrogen and oxygen atoms in total. The summed E-state index contributed by atoms with van der Waals surface area (Å²) in [5, 5.41) is 0. The topological polar surface area (TPSA) is 49.9 Å². The first-order valence-electron chi connectivity index (χ1n) is 11.3. The maximum absolute atomic E-state index is 12.9. The van der Waals surface area contributed by atoms with Crippen molar-refractivity contribution in [2.24, 2.45) is 0 Å². The van der Waals surface area contributed by atoms with Crippen LogP contribution < -0.4 is 9.64 Å². The Hall–Kier alpha value is -3.60. The van der Waals surface area contributed by atoms with Crippen LogP contribution in [0, 0.1) is 6.92 Å². The molecule has 3 aromatic carbocycles. The van der Waals surface area contributed by atoms with E-state index in [9.17, 15) is 9.59 Å². The van der Waals surface area contributed by atoms with Crippen LogP contribution in [0.5, 0.6) is 5.75 Å². The fraction of sp³-hybridized carbons (Fsp3) is 0.286. The van der Waals surface area contributed by atoms with Gasteiger partial charge in [-0.15, -0.1) is 0 Å². The highest BCUT2D eigenvalue weighted by molar-refractivity contribution is 5.96. The number of aryl methyl sites for hydroxylation is 1. The van der Waals surface area contributed by atoms with Crippen LogP contribution in [0.4, 0.5) is 5.69 Å². The minimum Gasteiger partial charge on any atom is -0.481 e. The van der Waals surface area contributed by atoms with Gasteiger partial charge in [0.05, 0.1) is 6.04 Å². The summed E-state index contributed by atoms with van der Waals surface area (Å²) in [4.78, 5) is 28.9. The summed E-state index contributed by atoms with van der Waals surface area (Å²) in [6.07, 6.45) is 0.140. The highest BCUT2D eigenvalue weighted by atomic mass is 16.5. The van der Waals surface area contributed by atoms with Crippen LogP contribution >= 0.6 is 0 Å². The van der Waals surface area contributed by atoms with E-state index < -0.39 is 6.10 Å². The van der Waals surface area contributed by atoms with Gasteiger partial charge in [-0.2, -0.15) is 0 Å². The molecule has 0 spiro atoms. The van der Waals surface area contributed by atoms with Gasteiger partial charge in [0, 0.05) is 26.2 Å². The second-order valence-corrected chi connectivity index (χ2v) is 8.63. The number of carbonyl (C=O) groups is 2. The zero-order valence-corrected chi connectivity index (χ0v) is 19.6. The first kappa shape index (κ1) is 22.6. The summed E-state index contributed by atoms with van der Waals surface area (Å²) >= 11 is 0. The van der Waals surface area contributed by atoms with Gasteiger partial charge < -0.3 is 14.5 Å². The Morgan fingerprint density at radius 1 is 1.03 bits per heavy atom. The standard InChI is InChI=1S/C28H30N2O3/c1-19-10-12-23(13-11-19)27-26-18-25(15-14-22(26)16-17-30(27)21(3)31)33-20(2)28(32)29(4)24-8-6-5-7-9-24/h5-15,18,20,27H,16-17H2,1-4H3. The van der Waals surface area contributed by atoms with Gasteiger partial charge in [0.25, 0.3) is 5.91 Å². The molecule has 1 heterocycles. The number of fused-ring (bicyclic) bond motifs is 1. The molecule has 33 heavy (non-hydrogen) atoms. The highest BCUT2D eigenvalue weighted by Gasteiger charge is 2.31. The third kappa shape index (κ3) is 4.77. The van der Waals surface area contributed by atoms with Crippen LogP contribution in [-0.4, -0.2) is 36.4 Å². The number of ether oxygens (including phenoxy) is 1. The molecule has 2 unspecified atom stereocenters. The molecular formula is C28H30N2O3. The molecule has 1 aliphatic heterocycles. The third-order valence-electron chi connectivity index (χ3n) is 6.28. The average molecular weight is 443 g/mol. The molecule has 2 amide bonds. The lowest BCUT2D eigenvalue weighted by Crippen LogP contribution is -2.39. The molecule has 5 heteroatoms. The summed E-state index contributed by atoms with van der Waals surface area (Å²) < 4.78 is 6.09. The van der Waals surface area contributed by atoms with Gasteiger partial charge in [0.2, 0.25) is 5.91 Å². The van der Waals surface area contributed by atoms with E-state index in [1.54, 1.807) is 25.8 Å². The van der Waals surface area contributed by atoms with Crippen molar-refractivity contribution in [1.82, 2.24) is 4.90 Å². The molecule has 0 N–H and O–H groups in total. The number of para-hydroxylation sites is 1. The van der Waals surface area contributed by atoms with Gasteiger partial charge in [-0.1, -0.05) is 54.1 Å². The van der Waals surface area contributed by atoms with Crippen molar-refractivity contribution in [1.29, 1.82) is 0 Å². The summed E-state index contributed by atoms with van der Waals surface area (Å²) in [6.45, 7) is 6.11. The monoisotopic (exact) mass is 442 g/mol. The van der Waals surface area contributed by atoms with Crippen molar-refractivity contribution >= 4 is 17.5 Å². The van der Waals surface area contributed by atoms with Gasteiger partial charge in [-0.05, 0) is 61.2 Å². The number of anilines is 1. The van der Waals surface area contributed by atoms with Gasteiger partial charge in [-0.25, -0.2) is 0 Å². The third-order valence-corrected chi connectivity index (χ3v) is 6.28. The molecule has 3 aromatic rings. The van der Waals surface area contributed by atoms with E-state index in [-0.39, 0.29) is 17.9 Å². The van der Waals surface area contributed by atoms with Crippen LogP contribution in [0.1, 0.15) is 42.1 Å². The van der Waals surface area contributed by atoms with E-state index in [2.05, 4.69) is 37.3 Å². The van der Waals surface area contributed by atoms with Crippen molar-refractivity contribution in [2.45, 2.75) is 39.3 Å². The molecule has 0 fully saturated rings. The lowest BCUT2D eigenvalue weighted by atomic mass is 9.87. The zero-order valence-electron chi connectivity index (χ0n) is 19.6. The Kier molecular flexibility index (Phi) is 6.50. The normalized spacial score (nSPS) is 16.0. The summed E-state index contributed by atoms with van der Waals surface area (Å²) in [7, 11) is 1.75.